The summed E-state index contributed by atoms with van der Waals surface area (Å²) in [4.78, 5) is 0. The molecule has 4 aromatic rings. The molecule has 0 aliphatic heterocycles. The zero-order chi connectivity index (χ0) is 20.8. The Morgan fingerprint density at radius 2 is 1.45 bits per heavy atom. The van der Waals surface area contributed by atoms with Crippen molar-refractivity contribution in [2.75, 3.05) is 0 Å². The monoisotopic (exact) mass is 454 g/mol. The van der Waals surface area contributed by atoms with E-state index in [4.69, 9.17) is 34.8 Å². The normalized spacial score (nSPS) is 11.9. The molecule has 0 radical (unpaired) electrons. The fourth-order valence-electron chi connectivity index (χ4n) is 3.24. The Bertz CT molecular complexity index is 1180. The number of hydrogen-bond acceptors (Lipinski definition) is 1. The van der Waals surface area contributed by atoms with Crippen LogP contribution in [-0.2, 0) is 12.7 Å². The highest BCUT2D eigenvalue weighted by Crippen LogP contribution is 2.39. The zero-order valence-electron chi connectivity index (χ0n) is 14.6. The minimum Gasteiger partial charge on any atom is -0.259 e. The fraction of sp³-hybridized carbons (Fsp3) is 0.0952. The van der Waals surface area contributed by atoms with Gasteiger partial charge in [0.25, 0.3) is 0 Å². The molecule has 148 valence electrons. The van der Waals surface area contributed by atoms with Crippen molar-refractivity contribution in [2.45, 2.75) is 12.7 Å². The molecule has 1 aromatic heterocycles. The van der Waals surface area contributed by atoms with Crippen molar-refractivity contribution in [3.63, 3.8) is 0 Å². The van der Waals surface area contributed by atoms with Gasteiger partial charge < -0.3 is 0 Å². The Kier molecular flexibility index (Phi) is 5.23. The van der Waals surface area contributed by atoms with E-state index in [0.717, 1.165) is 6.07 Å². The predicted octanol–water partition coefficient (Wildman–Crippen LogP) is 7.73. The molecule has 2 nitrogen and oxygen atoms in total. The van der Waals surface area contributed by atoms with Crippen LogP contribution in [0.2, 0.25) is 15.1 Å². The minimum absolute atomic E-state index is 0.114. The molecule has 0 saturated carbocycles. The standard InChI is InChI=1S/C21H12Cl3F3N2/c22-13-9-7-12(8-10-13)20-14-3-1-4-16(21(25,26)27)19(14)28-29(20)11-15-17(23)5-2-6-18(15)24/h1-10H,11H2. The smallest absolute Gasteiger partial charge is 0.259 e. The van der Waals surface area contributed by atoms with Crippen molar-refractivity contribution in [2.24, 2.45) is 0 Å². The fourth-order valence-corrected chi connectivity index (χ4v) is 3.88. The van der Waals surface area contributed by atoms with Gasteiger partial charge in [0.1, 0.15) is 5.52 Å². The van der Waals surface area contributed by atoms with E-state index in [0.29, 0.717) is 37.3 Å². The number of aromatic nitrogens is 2. The van der Waals surface area contributed by atoms with E-state index < -0.39 is 11.7 Å². The van der Waals surface area contributed by atoms with Crippen LogP contribution in [0, 0.1) is 0 Å². The first-order valence-corrected chi connectivity index (χ1v) is 9.64. The van der Waals surface area contributed by atoms with Crippen molar-refractivity contribution >= 4 is 45.7 Å². The van der Waals surface area contributed by atoms with Gasteiger partial charge in [-0.2, -0.15) is 18.3 Å². The van der Waals surface area contributed by atoms with Crippen molar-refractivity contribution in [1.82, 2.24) is 9.78 Å². The second-order valence-electron chi connectivity index (χ2n) is 6.41. The lowest BCUT2D eigenvalue weighted by atomic mass is 10.0. The maximum Gasteiger partial charge on any atom is 0.418 e. The van der Waals surface area contributed by atoms with Crippen LogP contribution in [0.4, 0.5) is 13.2 Å². The molecule has 0 unspecified atom stereocenters. The Morgan fingerprint density at radius 3 is 2.07 bits per heavy atom. The molecular formula is C21H12Cl3F3N2. The number of alkyl halides is 3. The third-order valence-corrected chi connectivity index (χ3v) is 5.52. The summed E-state index contributed by atoms with van der Waals surface area (Å²) in [5.74, 6) is 0. The van der Waals surface area contributed by atoms with Gasteiger partial charge in [-0.1, -0.05) is 65.1 Å². The molecule has 0 N–H and O–H groups in total. The first kappa shape index (κ1) is 20.1. The van der Waals surface area contributed by atoms with E-state index >= 15 is 0 Å². The van der Waals surface area contributed by atoms with Crippen LogP contribution in [0.3, 0.4) is 0 Å². The summed E-state index contributed by atoms with van der Waals surface area (Å²) in [6.07, 6.45) is -4.53. The average molecular weight is 456 g/mol. The first-order chi connectivity index (χ1) is 13.8. The van der Waals surface area contributed by atoms with Crippen molar-refractivity contribution < 1.29 is 13.2 Å². The van der Waals surface area contributed by atoms with E-state index in [1.807, 2.05) is 0 Å². The highest BCUT2D eigenvalue weighted by molar-refractivity contribution is 6.36. The summed E-state index contributed by atoms with van der Waals surface area (Å²) < 4.78 is 42.2. The van der Waals surface area contributed by atoms with Crippen LogP contribution < -0.4 is 0 Å². The summed E-state index contributed by atoms with van der Waals surface area (Å²) in [6, 6.07) is 15.9. The molecule has 0 saturated heterocycles. The number of halogens is 6. The van der Waals surface area contributed by atoms with Gasteiger partial charge in [0.15, 0.2) is 0 Å². The highest BCUT2D eigenvalue weighted by Gasteiger charge is 2.34. The quantitative estimate of drug-likeness (QED) is 0.309. The maximum absolute atomic E-state index is 13.6. The highest BCUT2D eigenvalue weighted by atomic mass is 35.5. The molecule has 0 aliphatic carbocycles. The number of hydrogen-bond donors (Lipinski definition) is 0. The van der Waals surface area contributed by atoms with Gasteiger partial charge in [0.05, 0.1) is 17.8 Å². The molecule has 3 aromatic carbocycles. The van der Waals surface area contributed by atoms with Crippen LogP contribution in [0.25, 0.3) is 22.2 Å². The molecular weight excluding hydrogens is 444 g/mol. The van der Waals surface area contributed by atoms with Crippen LogP contribution in [-0.4, -0.2) is 9.78 Å². The number of rotatable bonds is 3. The summed E-state index contributed by atoms with van der Waals surface area (Å²) in [6.45, 7) is 0.114. The third kappa shape index (κ3) is 3.82. The van der Waals surface area contributed by atoms with Crippen molar-refractivity contribution in [1.29, 1.82) is 0 Å². The van der Waals surface area contributed by atoms with Gasteiger partial charge in [0, 0.05) is 31.6 Å². The minimum atomic E-state index is -4.53. The summed E-state index contributed by atoms with van der Waals surface area (Å²) in [7, 11) is 0. The summed E-state index contributed by atoms with van der Waals surface area (Å²) in [5, 5.41) is 6.03. The lowest BCUT2D eigenvalue weighted by Crippen LogP contribution is -2.07. The van der Waals surface area contributed by atoms with Gasteiger partial charge in [-0.15, -0.1) is 0 Å². The van der Waals surface area contributed by atoms with Gasteiger partial charge in [0.2, 0.25) is 0 Å². The van der Waals surface area contributed by atoms with E-state index in [9.17, 15) is 13.2 Å². The average Bonchev–Trinajstić information content (AvgIpc) is 3.02. The molecule has 8 heteroatoms. The molecule has 0 fully saturated rings. The van der Waals surface area contributed by atoms with Crippen LogP contribution >= 0.6 is 34.8 Å². The Hall–Kier alpha value is -2.21. The van der Waals surface area contributed by atoms with Gasteiger partial charge in [-0.25, -0.2) is 0 Å². The van der Waals surface area contributed by atoms with Crippen molar-refractivity contribution in [3.05, 3.63) is 86.9 Å². The Morgan fingerprint density at radius 1 is 0.828 bits per heavy atom. The summed E-state index contributed by atoms with van der Waals surface area (Å²) >= 11 is 18.5. The molecule has 4 rings (SSSR count). The molecule has 0 bridgehead atoms. The number of nitrogens with zero attached hydrogens (tertiary/aromatic N) is 2. The summed E-state index contributed by atoms with van der Waals surface area (Å²) in [5.41, 5.74) is 0.855. The topological polar surface area (TPSA) is 17.8 Å². The largest absolute Gasteiger partial charge is 0.418 e. The van der Waals surface area contributed by atoms with Crippen molar-refractivity contribution in [3.8, 4) is 11.3 Å². The van der Waals surface area contributed by atoms with Gasteiger partial charge in [-0.05, 0) is 30.3 Å². The third-order valence-electron chi connectivity index (χ3n) is 4.56. The van der Waals surface area contributed by atoms with E-state index in [1.165, 1.54) is 10.7 Å². The Labute approximate surface area is 179 Å². The maximum atomic E-state index is 13.6. The Balaban J connectivity index is 1.99. The number of fused-ring (bicyclic) bond motifs is 1. The lowest BCUT2D eigenvalue weighted by Gasteiger charge is -2.11. The van der Waals surface area contributed by atoms with E-state index in [2.05, 4.69) is 5.10 Å². The number of benzene rings is 3. The van der Waals surface area contributed by atoms with Crippen LogP contribution in [0.15, 0.2) is 60.7 Å². The van der Waals surface area contributed by atoms with Gasteiger partial charge >= 0.3 is 6.18 Å². The predicted molar refractivity (Wildman–Crippen MR) is 111 cm³/mol. The second-order valence-corrected chi connectivity index (χ2v) is 7.66. The molecule has 0 amide bonds. The lowest BCUT2D eigenvalue weighted by molar-refractivity contribution is -0.136. The second kappa shape index (κ2) is 7.56. The molecule has 0 spiro atoms. The van der Waals surface area contributed by atoms with E-state index in [-0.39, 0.29) is 12.1 Å². The molecule has 1 heterocycles. The molecule has 29 heavy (non-hydrogen) atoms. The van der Waals surface area contributed by atoms with Crippen LogP contribution in [0.5, 0.6) is 0 Å². The zero-order valence-corrected chi connectivity index (χ0v) is 16.9. The van der Waals surface area contributed by atoms with E-state index in [1.54, 1.807) is 48.5 Å². The molecule has 0 atom stereocenters. The SMILES string of the molecule is FC(F)(F)c1cccc2c(-c3ccc(Cl)cc3)n(Cc3c(Cl)cccc3Cl)nc12. The first-order valence-electron chi connectivity index (χ1n) is 8.51. The van der Waals surface area contributed by atoms with Gasteiger partial charge in [-0.3, -0.25) is 4.68 Å². The van der Waals surface area contributed by atoms with Crippen LogP contribution in [0.1, 0.15) is 11.1 Å². The molecule has 0 aliphatic rings.